The van der Waals surface area contributed by atoms with Crippen molar-refractivity contribution in [3.63, 3.8) is 0 Å². The van der Waals surface area contributed by atoms with E-state index >= 15 is 0 Å². The molecule has 182 valence electrons. The minimum Gasteiger partial charge on any atom is -0.465 e. The van der Waals surface area contributed by atoms with Crippen LogP contribution in [0.25, 0.3) is 0 Å². The molecule has 4 nitrogen and oxygen atoms in total. The first-order valence-corrected chi connectivity index (χ1v) is 12.2. The Kier molecular flexibility index (Phi) is 9.99. The summed E-state index contributed by atoms with van der Waals surface area (Å²) in [6.07, 6.45) is 0. The summed E-state index contributed by atoms with van der Waals surface area (Å²) >= 11 is 11.4. The van der Waals surface area contributed by atoms with E-state index in [1.54, 1.807) is 72.8 Å². The minimum absolute atomic E-state index is 0.0113. The molecular formula is C30H24Cl2O4. The number of esters is 1. The number of alkyl halides is 2. The molecule has 0 saturated carbocycles. The quantitative estimate of drug-likeness (QED) is 0.149. The Labute approximate surface area is 220 Å². The second kappa shape index (κ2) is 13.4. The Balaban J connectivity index is 0.000000201. The zero-order valence-electron chi connectivity index (χ0n) is 19.6. The second-order valence-corrected chi connectivity index (χ2v) is 8.26. The molecule has 6 heteroatoms. The number of ether oxygens (including phenoxy) is 1. The fraction of sp³-hybridized carbons (Fsp3) is 0.100. The SMILES string of the molecule is COC(=O)c1ccccc1C(=O)c1ccccc1.O=C(c1ccc(CCl)cc1)c1ccc(CCl)cc1. The van der Waals surface area contributed by atoms with E-state index < -0.39 is 5.97 Å². The van der Waals surface area contributed by atoms with Gasteiger partial charge in [-0.3, -0.25) is 9.59 Å². The zero-order valence-corrected chi connectivity index (χ0v) is 21.1. The van der Waals surface area contributed by atoms with Gasteiger partial charge in [-0.2, -0.15) is 0 Å². The smallest absolute Gasteiger partial charge is 0.338 e. The third-order valence-electron chi connectivity index (χ3n) is 5.35. The van der Waals surface area contributed by atoms with Gasteiger partial charge < -0.3 is 4.74 Å². The van der Waals surface area contributed by atoms with Crippen LogP contribution in [0.4, 0.5) is 0 Å². The molecule has 36 heavy (non-hydrogen) atoms. The summed E-state index contributed by atoms with van der Waals surface area (Å²) in [5.74, 6) is 0.237. The molecule has 0 N–H and O–H groups in total. The fourth-order valence-corrected chi connectivity index (χ4v) is 3.73. The molecule has 0 aromatic heterocycles. The molecular weight excluding hydrogens is 495 g/mol. The van der Waals surface area contributed by atoms with Gasteiger partial charge in [0.25, 0.3) is 0 Å². The van der Waals surface area contributed by atoms with Crippen molar-refractivity contribution < 1.29 is 19.1 Å². The van der Waals surface area contributed by atoms with Crippen LogP contribution in [0.2, 0.25) is 0 Å². The lowest BCUT2D eigenvalue weighted by molar-refractivity contribution is 0.0597. The Hall–Kier alpha value is -3.73. The predicted octanol–water partition coefficient (Wildman–Crippen LogP) is 7.10. The summed E-state index contributed by atoms with van der Waals surface area (Å²) < 4.78 is 4.67. The standard InChI is InChI=1S/C15H12Cl2O.C15H12O3/c16-9-11-1-5-13(6-2-11)15(18)14-7-3-12(10-17)4-8-14;1-18-15(17)13-10-6-5-9-12(13)14(16)11-7-3-2-4-8-11/h1-8H,9-10H2;2-10H,1H3. The fourth-order valence-electron chi connectivity index (χ4n) is 3.37. The first-order chi connectivity index (χ1) is 17.5. The lowest BCUT2D eigenvalue weighted by Crippen LogP contribution is -2.11. The zero-order chi connectivity index (χ0) is 25.9. The molecule has 0 bridgehead atoms. The van der Waals surface area contributed by atoms with Crippen molar-refractivity contribution in [3.8, 4) is 0 Å². The summed E-state index contributed by atoms with van der Waals surface area (Å²) in [7, 11) is 1.30. The topological polar surface area (TPSA) is 60.4 Å². The summed E-state index contributed by atoms with van der Waals surface area (Å²) in [4.78, 5) is 36.1. The number of carbonyl (C=O) groups is 3. The van der Waals surface area contributed by atoms with Crippen LogP contribution in [0.15, 0.2) is 103 Å². The van der Waals surface area contributed by atoms with Crippen LogP contribution < -0.4 is 0 Å². The molecule has 0 atom stereocenters. The molecule has 4 rings (SSSR count). The highest BCUT2D eigenvalue weighted by molar-refractivity contribution is 6.17. The molecule has 4 aromatic rings. The van der Waals surface area contributed by atoms with Gasteiger partial charge in [0.15, 0.2) is 11.6 Å². The molecule has 0 radical (unpaired) electrons. The third-order valence-corrected chi connectivity index (χ3v) is 5.97. The first-order valence-electron chi connectivity index (χ1n) is 11.1. The average Bonchev–Trinajstić information content (AvgIpc) is 2.97. The summed E-state index contributed by atoms with van der Waals surface area (Å²) in [5, 5.41) is 0. The summed E-state index contributed by atoms with van der Waals surface area (Å²) in [5.41, 5.74) is 4.54. The number of halogens is 2. The molecule has 4 aromatic carbocycles. The highest BCUT2D eigenvalue weighted by Gasteiger charge is 2.17. The van der Waals surface area contributed by atoms with Crippen molar-refractivity contribution in [2.45, 2.75) is 11.8 Å². The highest BCUT2D eigenvalue weighted by atomic mass is 35.5. The molecule has 0 fully saturated rings. The number of carbonyl (C=O) groups excluding carboxylic acids is 3. The van der Waals surface area contributed by atoms with E-state index in [4.69, 9.17) is 23.2 Å². The van der Waals surface area contributed by atoms with Gasteiger partial charge in [0.2, 0.25) is 0 Å². The van der Waals surface area contributed by atoms with E-state index in [1.807, 2.05) is 30.3 Å². The van der Waals surface area contributed by atoms with Crippen LogP contribution in [0, 0.1) is 0 Å². The van der Waals surface area contributed by atoms with Crippen LogP contribution >= 0.6 is 23.2 Å². The maximum absolute atomic E-state index is 12.3. The van der Waals surface area contributed by atoms with Gasteiger partial charge in [-0.1, -0.05) is 97.1 Å². The van der Waals surface area contributed by atoms with E-state index in [2.05, 4.69) is 4.74 Å². The Morgan fingerprint density at radius 1 is 0.556 bits per heavy atom. The average molecular weight is 519 g/mol. The Morgan fingerprint density at radius 3 is 1.42 bits per heavy atom. The Morgan fingerprint density at radius 2 is 0.972 bits per heavy atom. The van der Waals surface area contributed by atoms with Crippen LogP contribution in [0.3, 0.4) is 0 Å². The molecule has 0 amide bonds. The van der Waals surface area contributed by atoms with Crippen LogP contribution in [-0.4, -0.2) is 24.6 Å². The maximum atomic E-state index is 12.3. The molecule has 0 spiro atoms. The predicted molar refractivity (Wildman–Crippen MR) is 143 cm³/mol. The van der Waals surface area contributed by atoms with Gasteiger partial charge >= 0.3 is 5.97 Å². The van der Waals surface area contributed by atoms with Crippen molar-refractivity contribution in [2.24, 2.45) is 0 Å². The van der Waals surface area contributed by atoms with E-state index in [0.29, 0.717) is 34.0 Å². The van der Waals surface area contributed by atoms with Gasteiger partial charge in [-0.15, -0.1) is 23.2 Å². The maximum Gasteiger partial charge on any atom is 0.338 e. The van der Waals surface area contributed by atoms with Gasteiger partial charge in [0.1, 0.15) is 0 Å². The van der Waals surface area contributed by atoms with Gasteiger partial charge in [-0.25, -0.2) is 4.79 Å². The van der Waals surface area contributed by atoms with Crippen LogP contribution in [0.1, 0.15) is 53.3 Å². The molecule has 0 heterocycles. The normalized spacial score (nSPS) is 10.1. The van der Waals surface area contributed by atoms with Crippen molar-refractivity contribution in [1.82, 2.24) is 0 Å². The van der Waals surface area contributed by atoms with Gasteiger partial charge in [0.05, 0.1) is 12.7 Å². The number of hydrogen-bond acceptors (Lipinski definition) is 4. The molecule has 0 aliphatic heterocycles. The minimum atomic E-state index is -0.505. The number of rotatable bonds is 7. The molecule has 0 saturated heterocycles. The highest BCUT2D eigenvalue weighted by Crippen LogP contribution is 2.16. The van der Waals surface area contributed by atoms with E-state index in [-0.39, 0.29) is 17.1 Å². The number of benzene rings is 4. The van der Waals surface area contributed by atoms with Crippen LogP contribution in [-0.2, 0) is 16.5 Å². The van der Waals surface area contributed by atoms with Gasteiger partial charge in [0, 0.05) is 34.0 Å². The first kappa shape index (κ1) is 26.9. The summed E-state index contributed by atoms with van der Waals surface area (Å²) in [6.45, 7) is 0. The summed E-state index contributed by atoms with van der Waals surface area (Å²) in [6, 6.07) is 30.2. The molecule has 0 aliphatic carbocycles. The molecule has 0 unspecified atom stereocenters. The monoisotopic (exact) mass is 518 g/mol. The van der Waals surface area contributed by atoms with Crippen LogP contribution in [0.5, 0.6) is 0 Å². The van der Waals surface area contributed by atoms with Crippen molar-refractivity contribution >= 4 is 40.7 Å². The lowest BCUT2D eigenvalue weighted by Gasteiger charge is -2.06. The Bertz CT molecular complexity index is 1270. The number of hydrogen-bond donors (Lipinski definition) is 0. The van der Waals surface area contributed by atoms with E-state index in [9.17, 15) is 14.4 Å². The number of ketones is 2. The van der Waals surface area contributed by atoms with E-state index in [1.165, 1.54) is 7.11 Å². The van der Waals surface area contributed by atoms with Gasteiger partial charge in [-0.05, 0) is 17.2 Å². The van der Waals surface area contributed by atoms with Crippen molar-refractivity contribution in [1.29, 1.82) is 0 Å². The largest absolute Gasteiger partial charge is 0.465 e. The molecule has 0 aliphatic rings. The van der Waals surface area contributed by atoms with Crippen molar-refractivity contribution in [2.75, 3.05) is 7.11 Å². The van der Waals surface area contributed by atoms with Crippen molar-refractivity contribution in [3.05, 3.63) is 142 Å². The number of methoxy groups -OCH3 is 1. The van der Waals surface area contributed by atoms with E-state index in [0.717, 1.165) is 11.1 Å². The lowest BCUT2D eigenvalue weighted by atomic mass is 9.98. The third kappa shape index (κ3) is 6.91. The second-order valence-electron chi connectivity index (χ2n) is 7.72.